The van der Waals surface area contributed by atoms with Gasteiger partial charge in [0.05, 0.1) is 11.4 Å². The molecule has 2 aromatic rings. The molecule has 1 aromatic heterocycles. The molecule has 0 fully saturated rings. The van der Waals surface area contributed by atoms with E-state index >= 15 is 0 Å². The van der Waals surface area contributed by atoms with Crippen LogP contribution in [0.25, 0.3) is 0 Å². The lowest BCUT2D eigenvalue weighted by Crippen LogP contribution is -2.44. The first-order valence-electron chi connectivity index (χ1n) is 9.53. The van der Waals surface area contributed by atoms with E-state index in [1.54, 1.807) is 24.3 Å². The van der Waals surface area contributed by atoms with Crippen LogP contribution < -0.4 is 10.2 Å². The highest BCUT2D eigenvalue weighted by Crippen LogP contribution is 2.34. The van der Waals surface area contributed by atoms with Gasteiger partial charge in [0.25, 0.3) is 5.91 Å². The van der Waals surface area contributed by atoms with E-state index in [4.69, 9.17) is 4.74 Å². The van der Waals surface area contributed by atoms with Crippen LogP contribution in [0, 0.1) is 5.92 Å². The highest BCUT2D eigenvalue weighted by molar-refractivity contribution is 7.14. The molecule has 0 radical (unpaired) electrons. The molecule has 0 unspecified atom stereocenters. The van der Waals surface area contributed by atoms with E-state index in [9.17, 15) is 14.4 Å². The van der Waals surface area contributed by atoms with Crippen molar-refractivity contribution >= 4 is 40.5 Å². The zero-order valence-corrected chi connectivity index (χ0v) is 16.5. The zero-order valence-electron chi connectivity index (χ0n) is 15.7. The second kappa shape index (κ2) is 7.75. The molecule has 6 nitrogen and oxygen atoms in total. The molecule has 146 valence electrons. The van der Waals surface area contributed by atoms with Crippen LogP contribution in [0.5, 0.6) is 0 Å². The molecule has 0 spiro atoms. The van der Waals surface area contributed by atoms with Crippen molar-refractivity contribution in [3.8, 4) is 0 Å². The Hall–Kier alpha value is -2.67. The first-order valence-corrected chi connectivity index (χ1v) is 10.3. The smallest absolute Gasteiger partial charge is 0.348 e. The van der Waals surface area contributed by atoms with Crippen LogP contribution in [0.3, 0.4) is 0 Å². The topological polar surface area (TPSA) is 75.7 Å². The highest BCUT2D eigenvalue weighted by Gasteiger charge is 2.28. The van der Waals surface area contributed by atoms with Crippen LogP contribution in [0.15, 0.2) is 30.3 Å². The monoisotopic (exact) mass is 398 g/mol. The van der Waals surface area contributed by atoms with Crippen LogP contribution in [-0.4, -0.2) is 30.9 Å². The van der Waals surface area contributed by atoms with Gasteiger partial charge in [-0.1, -0.05) is 25.5 Å². The lowest BCUT2D eigenvalue weighted by atomic mass is 9.87. The summed E-state index contributed by atoms with van der Waals surface area (Å²) in [6.45, 7) is 1.72. The summed E-state index contributed by atoms with van der Waals surface area (Å²) in [5, 5.41) is 2.73. The summed E-state index contributed by atoms with van der Waals surface area (Å²) in [6.07, 6.45) is 4.32. The van der Waals surface area contributed by atoms with E-state index in [0.29, 0.717) is 22.2 Å². The van der Waals surface area contributed by atoms with Gasteiger partial charge in [0.1, 0.15) is 11.4 Å². The first-order chi connectivity index (χ1) is 13.5. The maximum Gasteiger partial charge on any atom is 0.348 e. The van der Waals surface area contributed by atoms with Crippen LogP contribution in [0.4, 0.5) is 11.4 Å². The Bertz CT molecular complexity index is 936. The minimum Gasteiger partial charge on any atom is -0.451 e. The zero-order chi connectivity index (χ0) is 19.7. The number of fused-ring (bicyclic) bond motifs is 2. The van der Waals surface area contributed by atoms with Crippen molar-refractivity contribution in [1.29, 1.82) is 0 Å². The van der Waals surface area contributed by atoms with Crippen molar-refractivity contribution < 1.29 is 19.1 Å². The number of nitrogens with one attached hydrogen (secondary N) is 1. The fraction of sp³-hybridized carbons (Fsp3) is 0.381. The number of carbonyl (C=O) groups is 3. The van der Waals surface area contributed by atoms with Gasteiger partial charge in [0.15, 0.2) is 6.61 Å². The van der Waals surface area contributed by atoms with E-state index in [0.717, 1.165) is 25.7 Å². The van der Waals surface area contributed by atoms with Gasteiger partial charge in [0, 0.05) is 4.88 Å². The molecule has 0 saturated heterocycles. The Morgan fingerprint density at radius 2 is 2.14 bits per heavy atom. The highest BCUT2D eigenvalue weighted by atomic mass is 32.1. The molecule has 1 N–H and O–H groups in total. The van der Waals surface area contributed by atoms with Crippen LogP contribution in [0.2, 0.25) is 0 Å². The number of carbonyl (C=O) groups excluding carboxylic acids is 3. The molecule has 0 bridgehead atoms. The quantitative estimate of drug-likeness (QED) is 0.801. The number of hydrogen-bond donors (Lipinski definition) is 1. The lowest BCUT2D eigenvalue weighted by Gasteiger charge is -2.28. The average molecular weight is 398 g/mol. The predicted octanol–water partition coefficient (Wildman–Crippen LogP) is 3.41. The molecule has 1 atom stereocenters. The van der Waals surface area contributed by atoms with E-state index in [-0.39, 0.29) is 19.1 Å². The largest absolute Gasteiger partial charge is 0.451 e. The second-order valence-electron chi connectivity index (χ2n) is 7.20. The van der Waals surface area contributed by atoms with Crippen molar-refractivity contribution in [2.45, 2.75) is 32.6 Å². The van der Waals surface area contributed by atoms with Crippen molar-refractivity contribution in [3.05, 3.63) is 45.6 Å². The Labute approximate surface area is 167 Å². The number of benzene rings is 1. The number of amides is 2. The Morgan fingerprint density at radius 3 is 2.96 bits per heavy atom. The van der Waals surface area contributed by atoms with E-state index < -0.39 is 11.9 Å². The summed E-state index contributed by atoms with van der Waals surface area (Å²) < 4.78 is 5.27. The summed E-state index contributed by atoms with van der Waals surface area (Å²) in [7, 11) is 0. The molecule has 2 heterocycles. The summed E-state index contributed by atoms with van der Waals surface area (Å²) in [5.41, 5.74) is 2.43. The second-order valence-corrected chi connectivity index (χ2v) is 8.33. The van der Waals surface area contributed by atoms with E-state index in [1.165, 1.54) is 26.7 Å². The third kappa shape index (κ3) is 3.67. The number of ether oxygens (including phenoxy) is 1. The molecular weight excluding hydrogens is 376 g/mol. The van der Waals surface area contributed by atoms with Gasteiger partial charge in [-0.05, 0) is 48.9 Å². The first kappa shape index (κ1) is 18.7. The Balaban J connectivity index is 1.41. The Morgan fingerprint density at radius 1 is 1.32 bits per heavy atom. The normalized spacial score (nSPS) is 18.1. The number of thiophene rings is 1. The van der Waals surface area contributed by atoms with Crippen LogP contribution >= 0.6 is 11.3 Å². The minimum absolute atomic E-state index is 0.0842. The fourth-order valence-electron chi connectivity index (χ4n) is 3.78. The summed E-state index contributed by atoms with van der Waals surface area (Å²) in [5.74, 6) is -0.480. The number of nitrogens with zero attached hydrogens (tertiary/aromatic N) is 1. The Kier molecular flexibility index (Phi) is 5.17. The molecule has 7 heteroatoms. The third-order valence-electron chi connectivity index (χ3n) is 5.36. The van der Waals surface area contributed by atoms with Gasteiger partial charge in [-0.25, -0.2) is 4.79 Å². The molecule has 2 aliphatic rings. The van der Waals surface area contributed by atoms with Crippen molar-refractivity contribution in [3.63, 3.8) is 0 Å². The number of rotatable bonds is 4. The molecule has 2 amide bonds. The average Bonchev–Trinajstić information content (AvgIpc) is 3.14. The molecule has 4 rings (SSSR count). The van der Waals surface area contributed by atoms with Gasteiger partial charge in [-0.3, -0.25) is 14.5 Å². The number of anilines is 2. The lowest BCUT2D eigenvalue weighted by molar-refractivity contribution is -0.124. The standard InChI is InChI=1S/C21H22N2O4S/c1-2-13-7-8-17-14(9-13)10-18(28-17)21(26)27-12-20(25)23-11-19(24)22-15-5-3-4-6-16(15)23/h3-6,10,13H,2,7-9,11-12H2,1H3,(H,22,24)/t13-/m0/s1. The van der Waals surface area contributed by atoms with Gasteiger partial charge < -0.3 is 10.1 Å². The molecule has 28 heavy (non-hydrogen) atoms. The van der Waals surface area contributed by atoms with Crippen molar-refractivity contribution in [1.82, 2.24) is 0 Å². The van der Waals surface area contributed by atoms with E-state index in [1.807, 2.05) is 6.07 Å². The van der Waals surface area contributed by atoms with Gasteiger partial charge >= 0.3 is 5.97 Å². The summed E-state index contributed by atoms with van der Waals surface area (Å²) in [4.78, 5) is 40.0. The van der Waals surface area contributed by atoms with Gasteiger partial charge in [-0.2, -0.15) is 0 Å². The molecule has 1 aromatic carbocycles. The predicted molar refractivity (Wildman–Crippen MR) is 108 cm³/mol. The summed E-state index contributed by atoms with van der Waals surface area (Å²) in [6, 6.07) is 8.99. The summed E-state index contributed by atoms with van der Waals surface area (Å²) >= 11 is 1.47. The maximum absolute atomic E-state index is 12.6. The van der Waals surface area contributed by atoms with E-state index in [2.05, 4.69) is 12.2 Å². The molecule has 1 aliphatic heterocycles. The number of aryl methyl sites for hydroxylation is 1. The molecule has 0 saturated carbocycles. The SMILES string of the molecule is CC[C@H]1CCc2sc(C(=O)OCC(=O)N3CC(=O)Nc4ccccc43)cc2C1. The van der Waals surface area contributed by atoms with Gasteiger partial charge in [0.2, 0.25) is 5.91 Å². The number of esters is 1. The third-order valence-corrected chi connectivity index (χ3v) is 6.58. The maximum atomic E-state index is 12.6. The molecule has 1 aliphatic carbocycles. The van der Waals surface area contributed by atoms with Crippen LogP contribution in [-0.2, 0) is 27.2 Å². The molecular formula is C21H22N2O4S. The van der Waals surface area contributed by atoms with Crippen molar-refractivity contribution in [2.75, 3.05) is 23.4 Å². The number of para-hydroxylation sites is 2. The van der Waals surface area contributed by atoms with Crippen LogP contribution in [0.1, 0.15) is 39.9 Å². The fourth-order valence-corrected chi connectivity index (χ4v) is 4.88. The minimum atomic E-state index is -0.476. The van der Waals surface area contributed by atoms with Crippen molar-refractivity contribution in [2.24, 2.45) is 5.92 Å². The van der Waals surface area contributed by atoms with Gasteiger partial charge in [-0.15, -0.1) is 11.3 Å². The number of hydrogen-bond acceptors (Lipinski definition) is 5.